The Labute approximate surface area is 154 Å². The smallest absolute Gasteiger partial charge is 0.160 e. The van der Waals surface area contributed by atoms with Gasteiger partial charge in [0, 0.05) is 22.3 Å². The Morgan fingerprint density at radius 2 is 1.08 bits per heavy atom. The molecule has 0 saturated heterocycles. The van der Waals surface area contributed by atoms with Gasteiger partial charge in [-0.25, -0.2) is 9.97 Å². The van der Waals surface area contributed by atoms with Gasteiger partial charge in [-0.05, 0) is 19.4 Å². The maximum Gasteiger partial charge on any atom is 0.160 e. The Morgan fingerprint density at radius 3 is 1.73 bits per heavy atom. The summed E-state index contributed by atoms with van der Waals surface area (Å²) in [6.45, 7) is 4.24. The van der Waals surface area contributed by atoms with Crippen molar-refractivity contribution in [3.05, 3.63) is 96.1 Å². The van der Waals surface area contributed by atoms with Gasteiger partial charge in [-0.15, -0.1) is 0 Å². The number of hydrogen-bond donors (Lipinski definition) is 0. The van der Waals surface area contributed by atoms with E-state index in [9.17, 15) is 0 Å². The molecule has 0 aliphatic heterocycles. The number of aromatic nitrogens is 2. The molecule has 4 aromatic rings. The first-order valence-electron chi connectivity index (χ1n) is 8.79. The summed E-state index contributed by atoms with van der Waals surface area (Å²) in [7, 11) is 0. The molecule has 26 heavy (non-hydrogen) atoms. The van der Waals surface area contributed by atoms with Crippen molar-refractivity contribution in [2.45, 2.75) is 13.8 Å². The largest absolute Gasteiger partial charge is 0.228 e. The molecule has 0 atom stereocenters. The lowest BCUT2D eigenvalue weighted by Crippen LogP contribution is -2.01. The average molecular weight is 336 g/mol. The molecule has 3 aromatic carbocycles. The van der Waals surface area contributed by atoms with E-state index in [0.29, 0.717) is 0 Å². The molecule has 126 valence electrons. The zero-order chi connectivity index (χ0) is 17.9. The topological polar surface area (TPSA) is 25.8 Å². The Morgan fingerprint density at radius 1 is 0.538 bits per heavy atom. The van der Waals surface area contributed by atoms with E-state index in [1.807, 2.05) is 36.4 Å². The molecular weight excluding hydrogens is 316 g/mol. The van der Waals surface area contributed by atoms with Gasteiger partial charge in [0.15, 0.2) is 5.82 Å². The van der Waals surface area contributed by atoms with Gasteiger partial charge in [0.1, 0.15) is 0 Å². The number of nitrogens with zero attached hydrogens (tertiary/aromatic N) is 2. The number of hydrogen-bond acceptors (Lipinski definition) is 2. The van der Waals surface area contributed by atoms with E-state index in [-0.39, 0.29) is 0 Å². The minimum Gasteiger partial charge on any atom is -0.228 e. The fourth-order valence-corrected chi connectivity index (χ4v) is 3.21. The van der Waals surface area contributed by atoms with Gasteiger partial charge in [0.2, 0.25) is 0 Å². The highest BCUT2D eigenvalue weighted by Crippen LogP contribution is 2.33. The summed E-state index contributed by atoms with van der Waals surface area (Å²) in [5, 5.41) is 0. The molecule has 0 radical (unpaired) electrons. The lowest BCUT2D eigenvalue weighted by molar-refractivity contribution is 1.14. The van der Waals surface area contributed by atoms with Crippen LogP contribution >= 0.6 is 0 Å². The molecule has 0 aliphatic carbocycles. The molecule has 0 unspecified atom stereocenters. The highest BCUT2D eigenvalue weighted by Gasteiger charge is 2.16. The maximum atomic E-state index is 4.95. The van der Waals surface area contributed by atoms with E-state index >= 15 is 0 Å². The molecule has 2 nitrogen and oxygen atoms in total. The van der Waals surface area contributed by atoms with E-state index in [1.165, 1.54) is 5.56 Å². The molecule has 4 rings (SSSR count). The first-order chi connectivity index (χ1) is 12.7. The molecule has 0 saturated carbocycles. The average Bonchev–Trinajstić information content (AvgIpc) is 2.70. The van der Waals surface area contributed by atoms with Gasteiger partial charge in [0.05, 0.1) is 11.4 Å². The van der Waals surface area contributed by atoms with Gasteiger partial charge in [-0.2, -0.15) is 0 Å². The monoisotopic (exact) mass is 336 g/mol. The minimum atomic E-state index is 0.758. The molecule has 0 fully saturated rings. The molecule has 0 spiro atoms. The zero-order valence-electron chi connectivity index (χ0n) is 15.0. The van der Waals surface area contributed by atoms with Crippen molar-refractivity contribution in [1.82, 2.24) is 9.97 Å². The van der Waals surface area contributed by atoms with Gasteiger partial charge in [-0.1, -0.05) is 84.9 Å². The predicted molar refractivity (Wildman–Crippen MR) is 108 cm³/mol. The van der Waals surface area contributed by atoms with Crippen LogP contribution in [0.25, 0.3) is 33.9 Å². The van der Waals surface area contributed by atoms with Crippen LogP contribution < -0.4 is 0 Å². The Hall–Kier alpha value is -3.26. The van der Waals surface area contributed by atoms with Gasteiger partial charge < -0.3 is 0 Å². The van der Waals surface area contributed by atoms with Gasteiger partial charge >= 0.3 is 0 Å². The van der Waals surface area contributed by atoms with Crippen LogP contribution in [0.15, 0.2) is 84.9 Å². The summed E-state index contributed by atoms with van der Waals surface area (Å²) >= 11 is 0. The van der Waals surface area contributed by atoms with Crippen molar-refractivity contribution < 1.29 is 0 Å². The third-order valence-corrected chi connectivity index (χ3v) is 4.63. The fourth-order valence-electron chi connectivity index (χ4n) is 3.21. The molecule has 1 aromatic heterocycles. The van der Waals surface area contributed by atoms with Crippen LogP contribution in [0.2, 0.25) is 0 Å². The minimum absolute atomic E-state index is 0.758. The van der Waals surface area contributed by atoms with E-state index in [1.54, 1.807) is 0 Å². The third-order valence-electron chi connectivity index (χ3n) is 4.63. The lowest BCUT2D eigenvalue weighted by Gasteiger charge is -2.15. The summed E-state index contributed by atoms with van der Waals surface area (Å²) in [6.07, 6.45) is 0. The van der Waals surface area contributed by atoms with Crippen LogP contribution in [-0.4, -0.2) is 9.97 Å². The van der Waals surface area contributed by atoms with Crippen molar-refractivity contribution in [3.63, 3.8) is 0 Å². The Balaban J connectivity index is 2.01. The predicted octanol–water partition coefficient (Wildman–Crippen LogP) is 6.09. The van der Waals surface area contributed by atoms with Gasteiger partial charge in [-0.3, -0.25) is 0 Å². The lowest BCUT2D eigenvalue weighted by atomic mass is 9.98. The number of rotatable bonds is 3. The normalized spacial score (nSPS) is 10.7. The molecule has 2 heteroatoms. The van der Waals surface area contributed by atoms with E-state index in [4.69, 9.17) is 9.97 Å². The highest BCUT2D eigenvalue weighted by molar-refractivity contribution is 5.77. The standard InChI is InChI=1S/C24H20N2/c1-17-11-9-10-16-21(17)23-18(2)22(19-12-5-3-6-13-19)25-24(26-23)20-14-7-4-8-15-20/h3-16H,1-2H3. The van der Waals surface area contributed by atoms with Crippen LogP contribution in [0.3, 0.4) is 0 Å². The summed E-state index contributed by atoms with van der Waals surface area (Å²) in [5.41, 5.74) is 7.59. The quantitative estimate of drug-likeness (QED) is 0.452. The highest BCUT2D eigenvalue weighted by atomic mass is 14.9. The fraction of sp³-hybridized carbons (Fsp3) is 0.0833. The first-order valence-corrected chi connectivity index (χ1v) is 8.79. The summed E-state index contributed by atoms with van der Waals surface area (Å²) in [6, 6.07) is 28.9. The van der Waals surface area contributed by atoms with Crippen LogP contribution in [0.5, 0.6) is 0 Å². The summed E-state index contributed by atoms with van der Waals surface area (Å²) in [5.74, 6) is 0.758. The van der Waals surface area contributed by atoms with Crippen LogP contribution in [-0.2, 0) is 0 Å². The van der Waals surface area contributed by atoms with Crippen molar-refractivity contribution in [3.8, 4) is 33.9 Å². The SMILES string of the molecule is Cc1ccccc1-c1nc(-c2ccccc2)nc(-c2ccccc2)c1C. The second kappa shape index (κ2) is 6.93. The van der Waals surface area contributed by atoms with Crippen LogP contribution in [0, 0.1) is 13.8 Å². The summed E-state index contributed by atoms with van der Waals surface area (Å²) in [4.78, 5) is 9.87. The molecule has 0 aliphatic rings. The second-order valence-corrected chi connectivity index (χ2v) is 6.42. The summed E-state index contributed by atoms with van der Waals surface area (Å²) < 4.78 is 0. The van der Waals surface area contributed by atoms with Crippen molar-refractivity contribution in [2.75, 3.05) is 0 Å². The Kier molecular flexibility index (Phi) is 4.32. The number of benzene rings is 3. The van der Waals surface area contributed by atoms with Crippen LogP contribution in [0.4, 0.5) is 0 Å². The molecule has 1 heterocycles. The van der Waals surface area contributed by atoms with E-state index in [2.05, 4.69) is 62.4 Å². The molecule has 0 amide bonds. The number of aryl methyl sites for hydroxylation is 1. The van der Waals surface area contributed by atoms with Crippen molar-refractivity contribution >= 4 is 0 Å². The van der Waals surface area contributed by atoms with E-state index < -0.39 is 0 Å². The molecule has 0 N–H and O–H groups in total. The van der Waals surface area contributed by atoms with E-state index in [0.717, 1.165) is 39.5 Å². The Bertz CT molecular complexity index is 1040. The second-order valence-electron chi connectivity index (χ2n) is 6.42. The zero-order valence-corrected chi connectivity index (χ0v) is 15.0. The van der Waals surface area contributed by atoms with Gasteiger partial charge in [0.25, 0.3) is 0 Å². The molecule has 0 bridgehead atoms. The van der Waals surface area contributed by atoms with Crippen LogP contribution in [0.1, 0.15) is 11.1 Å². The first kappa shape index (κ1) is 16.2. The van der Waals surface area contributed by atoms with Crippen molar-refractivity contribution in [2.24, 2.45) is 0 Å². The van der Waals surface area contributed by atoms with Crippen molar-refractivity contribution in [1.29, 1.82) is 0 Å². The third kappa shape index (κ3) is 3.02. The molecular formula is C24H20N2. The maximum absolute atomic E-state index is 4.95.